The van der Waals surface area contributed by atoms with Gasteiger partial charge in [-0.15, -0.1) is 0 Å². The second kappa shape index (κ2) is 20.2. The van der Waals surface area contributed by atoms with E-state index in [2.05, 4.69) is 287 Å². The Morgan fingerprint density at radius 2 is 0.457 bits per heavy atom. The van der Waals surface area contributed by atoms with Gasteiger partial charge in [-0.1, -0.05) is 224 Å². The van der Waals surface area contributed by atoms with Crippen LogP contribution in [0.4, 0.5) is 0 Å². The number of rotatable bonds is 8. The summed E-state index contributed by atoms with van der Waals surface area (Å²) in [6.07, 6.45) is 0. The lowest BCUT2D eigenvalue weighted by Crippen LogP contribution is -1.96. The highest BCUT2D eigenvalue weighted by Gasteiger charge is 2.16. The number of hydrogen-bond donors (Lipinski definition) is 0. The van der Waals surface area contributed by atoms with Gasteiger partial charge in [-0.25, -0.2) is 9.97 Å². The van der Waals surface area contributed by atoms with Gasteiger partial charge < -0.3 is 13.7 Å². The van der Waals surface area contributed by atoms with Gasteiger partial charge in [0, 0.05) is 66.1 Å². The minimum atomic E-state index is 0.720. The van der Waals surface area contributed by atoms with Gasteiger partial charge in [-0.2, -0.15) is 0 Å². The van der Waals surface area contributed by atoms with Crippen LogP contribution in [-0.4, -0.2) is 23.7 Å². The molecule has 0 spiro atoms. The zero-order valence-corrected chi connectivity index (χ0v) is 44.2. The van der Waals surface area contributed by atoms with Gasteiger partial charge in [0.05, 0.1) is 44.5 Å². The molecule has 5 nitrogen and oxygen atoms in total. The summed E-state index contributed by atoms with van der Waals surface area (Å²) in [5.41, 5.74) is 20.5. The van der Waals surface area contributed by atoms with Crippen molar-refractivity contribution < 1.29 is 0 Å². The highest BCUT2D eigenvalue weighted by molar-refractivity contribution is 6.11. The first kappa shape index (κ1) is 47.3. The third-order valence-corrected chi connectivity index (χ3v) is 15.8. The van der Waals surface area contributed by atoms with Gasteiger partial charge in [-0.3, -0.25) is 0 Å². The number of hydrogen-bond acceptors (Lipinski definition) is 2. The third kappa shape index (κ3) is 8.53. The summed E-state index contributed by atoms with van der Waals surface area (Å²) < 4.78 is 7.07. The molecule has 0 aliphatic heterocycles. The maximum atomic E-state index is 5.03. The van der Waals surface area contributed by atoms with E-state index >= 15 is 0 Å². The van der Waals surface area contributed by atoms with Crippen LogP contribution in [0.25, 0.3) is 139 Å². The predicted octanol–water partition coefficient (Wildman–Crippen LogP) is 19.8. The van der Waals surface area contributed by atoms with E-state index in [4.69, 9.17) is 9.97 Å². The lowest BCUT2D eigenvalue weighted by atomic mass is 10.0. The Labute approximate surface area is 469 Å². The topological polar surface area (TPSA) is 40.6 Å². The van der Waals surface area contributed by atoms with Gasteiger partial charge in [0.2, 0.25) is 0 Å². The minimum absolute atomic E-state index is 0.720. The van der Waals surface area contributed by atoms with E-state index in [-0.39, 0.29) is 0 Å². The van der Waals surface area contributed by atoms with Crippen molar-refractivity contribution in [3.63, 3.8) is 0 Å². The van der Waals surface area contributed by atoms with Crippen LogP contribution in [0.2, 0.25) is 0 Å². The molecule has 4 aromatic heterocycles. The van der Waals surface area contributed by atoms with Crippen LogP contribution in [-0.2, 0) is 0 Å². The lowest BCUT2D eigenvalue weighted by Gasteiger charge is -2.11. The average Bonchev–Trinajstić information content (AvgIpc) is 4.41. The number of benzene rings is 12. The van der Waals surface area contributed by atoms with E-state index in [1.54, 1.807) is 0 Å². The van der Waals surface area contributed by atoms with Gasteiger partial charge in [0.15, 0.2) is 5.82 Å². The van der Waals surface area contributed by atoms with Crippen molar-refractivity contribution in [2.75, 3.05) is 0 Å². The largest absolute Gasteiger partial charge is 0.309 e. The molecule has 0 atom stereocenters. The Morgan fingerprint density at radius 3 is 0.815 bits per heavy atom. The zero-order valence-electron chi connectivity index (χ0n) is 44.2. The van der Waals surface area contributed by atoms with E-state index in [1.807, 2.05) is 36.4 Å². The molecule has 0 aliphatic rings. The van der Waals surface area contributed by atoms with Crippen molar-refractivity contribution in [1.29, 1.82) is 0 Å². The molecule has 0 radical (unpaired) electrons. The fourth-order valence-electron chi connectivity index (χ4n) is 11.9. The number of nitrogens with zero attached hydrogens (tertiary/aromatic N) is 5. The molecule has 0 saturated carbocycles. The maximum Gasteiger partial charge on any atom is 0.160 e. The number of para-hydroxylation sites is 6. The lowest BCUT2D eigenvalue weighted by molar-refractivity contribution is 1.18. The molecule has 380 valence electrons. The van der Waals surface area contributed by atoms with E-state index in [9.17, 15) is 0 Å². The van der Waals surface area contributed by atoms with Crippen LogP contribution >= 0.6 is 0 Å². The van der Waals surface area contributed by atoms with Gasteiger partial charge >= 0.3 is 0 Å². The molecule has 0 unspecified atom stereocenters. The zero-order chi connectivity index (χ0) is 53.6. The van der Waals surface area contributed by atoms with Crippen LogP contribution < -0.4 is 0 Å². The van der Waals surface area contributed by atoms with Crippen LogP contribution in [0.5, 0.6) is 0 Å². The van der Waals surface area contributed by atoms with Crippen molar-refractivity contribution in [1.82, 2.24) is 23.7 Å². The summed E-state index contributed by atoms with van der Waals surface area (Å²) in [4.78, 5) is 9.97. The molecule has 0 saturated heterocycles. The maximum absolute atomic E-state index is 5.03. The van der Waals surface area contributed by atoms with Crippen molar-refractivity contribution in [2.24, 2.45) is 0 Å². The first-order valence-corrected chi connectivity index (χ1v) is 27.6. The molecule has 0 N–H and O–H groups in total. The summed E-state index contributed by atoms with van der Waals surface area (Å²) in [5.74, 6) is 0.720. The SMILES string of the molecule is c1ccc(-c2cc(-c3cccc(-c4ccc(-n5c6ccccc6c6ccccc65)cc4)c3)nc(-c3ccccc3)n2)cc1.c1ccc2c(c1)c1ccccc1n2-c1ccc(-c2ccc(-n3c4ccccc4c4ccccc43)cc2)cc1. The summed E-state index contributed by atoms with van der Waals surface area (Å²) in [6.45, 7) is 0. The standard InChI is InChI=1S/C40H27N3.C36H24N2/c1-3-12-29(13-4-1)36-27-37(42-40(41-36)30-14-5-2-6-15-30)32-17-11-16-31(26-32)28-22-24-33(25-23-28)43-38-20-9-7-18-34(38)35-19-8-10-21-39(35)43;1-5-13-33-29(9-1)30-10-2-6-14-34(30)37(33)27-21-17-25(18-22-27)26-19-23-28(24-20-26)38-35-15-7-3-11-31(35)32-12-4-8-16-36(32)38/h1-27H;1-24H. The van der Waals surface area contributed by atoms with Crippen molar-refractivity contribution in [3.05, 3.63) is 309 Å². The van der Waals surface area contributed by atoms with Crippen molar-refractivity contribution >= 4 is 65.4 Å². The van der Waals surface area contributed by atoms with E-state index in [1.165, 1.54) is 87.9 Å². The minimum Gasteiger partial charge on any atom is -0.309 e. The Bertz CT molecular complexity index is 4580. The molecule has 5 heteroatoms. The van der Waals surface area contributed by atoms with Crippen LogP contribution in [0.3, 0.4) is 0 Å². The Hall–Kier alpha value is -10.9. The second-order valence-corrected chi connectivity index (χ2v) is 20.5. The quantitative estimate of drug-likeness (QED) is 0.152. The van der Waals surface area contributed by atoms with Crippen LogP contribution in [0.1, 0.15) is 0 Å². The van der Waals surface area contributed by atoms with Crippen LogP contribution in [0.15, 0.2) is 309 Å². The van der Waals surface area contributed by atoms with E-state index < -0.39 is 0 Å². The molecule has 4 heterocycles. The summed E-state index contributed by atoms with van der Waals surface area (Å²) >= 11 is 0. The van der Waals surface area contributed by atoms with E-state index in [0.29, 0.717) is 0 Å². The second-order valence-electron chi connectivity index (χ2n) is 20.5. The molecule has 81 heavy (non-hydrogen) atoms. The molecular weight excluding hydrogens is 983 g/mol. The summed E-state index contributed by atoms with van der Waals surface area (Å²) in [6, 6.07) is 110. The Morgan fingerprint density at radius 1 is 0.185 bits per heavy atom. The molecule has 16 rings (SSSR count). The first-order valence-electron chi connectivity index (χ1n) is 27.6. The number of fused-ring (bicyclic) bond motifs is 9. The first-order chi connectivity index (χ1) is 40.2. The van der Waals surface area contributed by atoms with Gasteiger partial charge in [0.25, 0.3) is 0 Å². The molecule has 0 bridgehead atoms. The molecule has 0 fully saturated rings. The summed E-state index contributed by atoms with van der Waals surface area (Å²) in [5, 5.41) is 7.68. The Balaban J connectivity index is 0.000000140. The molecule has 12 aromatic carbocycles. The highest BCUT2D eigenvalue weighted by atomic mass is 15.0. The third-order valence-electron chi connectivity index (χ3n) is 15.8. The fourth-order valence-corrected chi connectivity index (χ4v) is 11.9. The van der Waals surface area contributed by atoms with E-state index in [0.717, 1.165) is 50.7 Å². The molecular formula is C76H51N5. The summed E-state index contributed by atoms with van der Waals surface area (Å²) in [7, 11) is 0. The Kier molecular flexibility index (Phi) is 11.8. The average molecular weight is 1030 g/mol. The molecule has 0 amide bonds. The van der Waals surface area contributed by atoms with Crippen molar-refractivity contribution in [3.8, 4) is 73.2 Å². The fraction of sp³-hybridized carbons (Fsp3) is 0. The normalized spacial score (nSPS) is 11.5. The van der Waals surface area contributed by atoms with Gasteiger partial charge in [0.1, 0.15) is 0 Å². The molecule has 0 aliphatic carbocycles. The number of aromatic nitrogens is 5. The van der Waals surface area contributed by atoms with Crippen molar-refractivity contribution in [2.45, 2.75) is 0 Å². The smallest absolute Gasteiger partial charge is 0.160 e. The molecule has 16 aromatic rings. The predicted molar refractivity (Wildman–Crippen MR) is 339 cm³/mol. The highest BCUT2D eigenvalue weighted by Crippen LogP contribution is 2.37. The monoisotopic (exact) mass is 1030 g/mol. The van der Waals surface area contributed by atoms with Gasteiger partial charge in [-0.05, 0) is 107 Å². The van der Waals surface area contributed by atoms with Crippen LogP contribution in [0, 0.1) is 0 Å².